The van der Waals surface area contributed by atoms with E-state index in [4.69, 9.17) is 11.0 Å². The zero-order chi connectivity index (χ0) is 14.8. The molecule has 0 bridgehead atoms. The fourth-order valence-electron chi connectivity index (χ4n) is 1.67. The van der Waals surface area contributed by atoms with Gasteiger partial charge in [0.2, 0.25) is 0 Å². The summed E-state index contributed by atoms with van der Waals surface area (Å²) in [7, 11) is -3.27. The quantitative estimate of drug-likeness (QED) is 0.844. The average Bonchev–Trinajstić information content (AvgIpc) is 2.41. The van der Waals surface area contributed by atoms with Crippen molar-refractivity contribution in [2.75, 3.05) is 17.3 Å². The van der Waals surface area contributed by atoms with Gasteiger partial charge in [-0.1, -0.05) is 0 Å². The zero-order valence-electron chi connectivity index (χ0n) is 10.8. The highest BCUT2D eigenvalue weighted by atomic mass is 32.2. The Kier molecular flexibility index (Phi) is 3.63. The van der Waals surface area contributed by atoms with Crippen LogP contribution in [0.2, 0.25) is 0 Å². The predicted octanol–water partition coefficient (Wildman–Crippen LogP) is 2.29. The Morgan fingerprint density at radius 2 is 1.80 bits per heavy atom. The zero-order valence-corrected chi connectivity index (χ0v) is 11.6. The predicted molar refractivity (Wildman–Crippen MR) is 78.4 cm³/mol. The van der Waals surface area contributed by atoms with Crippen molar-refractivity contribution in [2.24, 2.45) is 0 Å². The first-order chi connectivity index (χ1) is 9.40. The molecule has 6 heteroatoms. The number of nitrogens with two attached hydrogens (primary N) is 1. The summed E-state index contributed by atoms with van der Waals surface area (Å²) < 4.78 is 22.8. The van der Waals surface area contributed by atoms with Crippen LogP contribution in [0.5, 0.6) is 0 Å². The maximum atomic E-state index is 11.4. The molecule has 0 amide bonds. The van der Waals surface area contributed by atoms with Gasteiger partial charge in [-0.05, 0) is 42.5 Å². The number of nitrogen functional groups attached to an aromatic ring is 1. The van der Waals surface area contributed by atoms with Crippen LogP contribution in [0.3, 0.4) is 0 Å². The molecule has 0 atom stereocenters. The number of nitrogens with zero attached hydrogens (tertiary/aromatic N) is 1. The second-order valence-electron chi connectivity index (χ2n) is 4.34. The molecule has 20 heavy (non-hydrogen) atoms. The highest BCUT2D eigenvalue weighted by molar-refractivity contribution is 7.90. The van der Waals surface area contributed by atoms with Crippen molar-refractivity contribution >= 4 is 26.9 Å². The molecular weight excluding hydrogens is 274 g/mol. The fraction of sp³-hybridized carbons (Fsp3) is 0.0714. The maximum Gasteiger partial charge on any atom is 0.175 e. The van der Waals surface area contributed by atoms with Crippen LogP contribution >= 0.6 is 0 Å². The number of rotatable bonds is 3. The molecule has 0 unspecified atom stereocenters. The van der Waals surface area contributed by atoms with Gasteiger partial charge in [-0.2, -0.15) is 5.26 Å². The molecule has 0 aliphatic heterocycles. The first-order valence-corrected chi connectivity index (χ1v) is 7.66. The Bertz CT molecular complexity index is 775. The second kappa shape index (κ2) is 5.23. The van der Waals surface area contributed by atoms with E-state index < -0.39 is 9.84 Å². The Balaban J connectivity index is 2.28. The van der Waals surface area contributed by atoms with Crippen LogP contribution in [0.1, 0.15) is 5.56 Å². The van der Waals surface area contributed by atoms with E-state index in [2.05, 4.69) is 5.32 Å². The van der Waals surface area contributed by atoms with E-state index in [9.17, 15) is 8.42 Å². The minimum absolute atomic E-state index is 0.181. The van der Waals surface area contributed by atoms with E-state index in [-0.39, 0.29) is 4.90 Å². The molecule has 2 aromatic rings. The van der Waals surface area contributed by atoms with Gasteiger partial charge in [0.1, 0.15) is 0 Å². The molecule has 3 N–H and O–H groups in total. The normalized spacial score (nSPS) is 10.8. The molecule has 5 nitrogen and oxygen atoms in total. The van der Waals surface area contributed by atoms with Crippen molar-refractivity contribution in [1.29, 1.82) is 5.26 Å². The van der Waals surface area contributed by atoms with Crippen molar-refractivity contribution in [1.82, 2.24) is 0 Å². The number of benzene rings is 2. The Labute approximate surface area is 117 Å². The number of anilines is 3. The van der Waals surface area contributed by atoms with E-state index in [1.807, 2.05) is 6.07 Å². The molecule has 2 aromatic carbocycles. The van der Waals surface area contributed by atoms with Gasteiger partial charge in [0.15, 0.2) is 9.84 Å². The van der Waals surface area contributed by atoms with E-state index >= 15 is 0 Å². The number of hydrogen-bond acceptors (Lipinski definition) is 5. The number of sulfone groups is 1. The van der Waals surface area contributed by atoms with Gasteiger partial charge in [-0.3, -0.25) is 0 Å². The number of nitriles is 1. The van der Waals surface area contributed by atoms with Gasteiger partial charge in [0, 0.05) is 11.9 Å². The average molecular weight is 287 g/mol. The van der Waals surface area contributed by atoms with E-state index in [1.54, 1.807) is 30.3 Å². The third kappa shape index (κ3) is 3.08. The lowest BCUT2D eigenvalue weighted by Gasteiger charge is -2.10. The van der Waals surface area contributed by atoms with Crippen LogP contribution in [0.25, 0.3) is 0 Å². The lowest BCUT2D eigenvalue weighted by molar-refractivity contribution is 0.602. The summed E-state index contributed by atoms with van der Waals surface area (Å²) in [5.74, 6) is 0. The number of nitrogens with one attached hydrogen (secondary N) is 1. The van der Waals surface area contributed by atoms with Crippen LogP contribution in [-0.4, -0.2) is 14.7 Å². The first kappa shape index (κ1) is 13.9. The third-order valence-corrected chi connectivity index (χ3v) is 3.85. The summed E-state index contributed by atoms with van der Waals surface area (Å²) in [5.41, 5.74) is 8.13. The molecule has 0 radical (unpaired) electrons. The monoisotopic (exact) mass is 287 g/mol. The topological polar surface area (TPSA) is 96.0 Å². The van der Waals surface area contributed by atoms with Crippen molar-refractivity contribution in [2.45, 2.75) is 4.90 Å². The van der Waals surface area contributed by atoms with Crippen LogP contribution in [-0.2, 0) is 9.84 Å². The largest absolute Gasteiger partial charge is 0.397 e. The fourth-order valence-corrected chi connectivity index (χ4v) is 2.33. The van der Waals surface area contributed by atoms with E-state index in [0.717, 1.165) is 11.9 Å². The smallest absolute Gasteiger partial charge is 0.175 e. The minimum Gasteiger partial charge on any atom is -0.397 e. The highest BCUT2D eigenvalue weighted by Gasteiger charge is 2.09. The van der Waals surface area contributed by atoms with Crippen molar-refractivity contribution in [3.05, 3.63) is 48.0 Å². The molecule has 0 aromatic heterocycles. The van der Waals surface area contributed by atoms with Crippen molar-refractivity contribution < 1.29 is 8.42 Å². The molecular formula is C14H13N3O2S. The maximum absolute atomic E-state index is 11.4. The Hall–Kier alpha value is -2.52. The molecule has 0 fully saturated rings. The minimum atomic E-state index is -3.27. The van der Waals surface area contributed by atoms with Crippen LogP contribution < -0.4 is 11.1 Å². The lowest BCUT2D eigenvalue weighted by atomic mass is 10.2. The van der Waals surface area contributed by atoms with E-state index in [0.29, 0.717) is 16.9 Å². The van der Waals surface area contributed by atoms with Gasteiger partial charge < -0.3 is 11.1 Å². The van der Waals surface area contributed by atoms with Gasteiger partial charge in [-0.15, -0.1) is 0 Å². The highest BCUT2D eigenvalue weighted by Crippen LogP contribution is 2.26. The Morgan fingerprint density at radius 1 is 1.15 bits per heavy atom. The van der Waals surface area contributed by atoms with Gasteiger partial charge in [-0.25, -0.2) is 8.42 Å². The molecule has 0 saturated heterocycles. The first-order valence-electron chi connectivity index (χ1n) is 5.77. The summed E-state index contributed by atoms with van der Waals surface area (Å²) in [6.07, 6.45) is 1.13. The van der Waals surface area contributed by atoms with Gasteiger partial charge in [0.05, 0.1) is 27.9 Å². The van der Waals surface area contributed by atoms with Crippen molar-refractivity contribution in [3.63, 3.8) is 0 Å². The van der Waals surface area contributed by atoms with Crippen LogP contribution in [0.4, 0.5) is 17.1 Å². The summed E-state index contributed by atoms with van der Waals surface area (Å²) in [4.78, 5) is 0.181. The molecule has 0 heterocycles. The summed E-state index contributed by atoms with van der Waals surface area (Å²) in [5, 5.41) is 11.8. The molecule has 2 rings (SSSR count). The molecule has 0 aliphatic rings. The van der Waals surface area contributed by atoms with Crippen LogP contribution in [0, 0.1) is 11.3 Å². The third-order valence-electron chi connectivity index (χ3n) is 2.74. The standard InChI is InChI=1S/C14H13N3O2S/c1-20(18,19)12-6-7-14(13(16)8-12)17-11-4-2-10(9-15)3-5-11/h2-8,17H,16H2,1H3. The molecule has 102 valence electrons. The summed E-state index contributed by atoms with van der Waals surface area (Å²) >= 11 is 0. The summed E-state index contributed by atoms with van der Waals surface area (Å²) in [6.45, 7) is 0. The van der Waals surface area contributed by atoms with Gasteiger partial charge >= 0.3 is 0 Å². The van der Waals surface area contributed by atoms with Gasteiger partial charge in [0.25, 0.3) is 0 Å². The second-order valence-corrected chi connectivity index (χ2v) is 6.35. The lowest BCUT2D eigenvalue weighted by Crippen LogP contribution is -2.01. The summed E-state index contributed by atoms with van der Waals surface area (Å²) in [6, 6.07) is 13.4. The molecule has 0 spiro atoms. The molecule has 0 saturated carbocycles. The van der Waals surface area contributed by atoms with Crippen molar-refractivity contribution in [3.8, 4) is 6.07 Å². The van der Waals surface area contributed by atoms with E-state index in [1.165, 1.54) is 12.1 Å². The van der Waals surface area contributed by atoms with Crippen LogP contribution in [0.15, 0.2) is 47.4 Å². The molecule has 0 aliphatic carbocycles. The SMILES string of the molecule is CS(=O)(=O)c1ccc(Nc2ccc(C#N)cc2)c(N)c1. The Morgan fingerprint density at radius 3 is 2.30 bits per heavy atom. The number of hydrogen-bond donors (Lipinski definition) is 2.